The van der Waals surface area contributed by atoms with Crippen molar-refractivity contribution in [3.05, 3.63) is 29.8 Å². The van der Waals surface area contributed by atoms with Gasteiger partial charge in [0.15, 0.2) is 0 Å². The van der Waals surface area contributed by atoms with Gasteiger partial charge in [-0.25, -0.2) is 4.79 Å². The molecular weight excluding hydrogens is 190 g/mol. The van der Waals surface area contributed by atoms with Crippen molar-refractivity contribution in [3.63, 3.8) is 0 Å². The molecule has 3 heteroatoms. The molecule has 0 aromatic heterocycles. The number of ether oxygens (including phenoxy) is 1. The topological polar surface area (TPSA) is 29.3 Å². The van der Waals surface area contributed by atoms with Gasteiger partial charge in [0.2, 0.25) is 0 Å². The number of carbonyl (C=O) groups excluding carboxylic acids is 1. The van der Waals surface area contributed by atoms with Crippen molar-refractivity contribution in [2.75, 3.05) is 18.6 Å². The minimum Gasteiger partial charge on any atom is -0.467 e. The lowest BCUT2D eigenvalue weighted by Gasteiger charge is -2.09. The highest BCUT2D eigenvalue weighted by Crippen LogP contribution is 2.31. The molecule has 1 saturated heterocycles. The van der Waals surface area contributed by atoms with Crippen LogP contribution in [0.25, 0.3) is 0 Å². The molecule has 1 heterocycles. The number of carbonyl (C=O) groups is 1. The molecule has 1 aromatic carbocycles. The van der Waals surface area contributed by atoms with Crippen molar-refractivity contribution >= 4 is 11.7 Å². The normalized spacial score (nSPS) is 18.8. The Morgan fingerprint density at radius 1 is 1.53 bits per heavy atom. The second-order valence-electron chi connectivity index (χ2n) is 3.67. The predicted octanol–water partition coefficient (Wildman–Crippen LogP) is 1.61. The Morgan fingerprint density at radius 3 is 2.93 bits per heavy atom. The third-order valence-electron chi connectivity index (χ3n) is 2.77. The van der Waals surface area contributed by atoms with Crippen LogP contribution in [0.15, 0.2) is 24.3 Å². The van der Waals surface area contributed by atoms with Gasteiger partial charge >= 0.3 is 5.97 Å². The largest absolute Gasteiger partial charge is 0.467 e. The Balaban J connectivity index is 2.16. The summed E-state index contributed by atoms with van der Waals surface area (Å²) in [4.78, 5) is 13.4. The highest BCUT2D eigenvalue weighted by atomic mass is 16.5. The zero-order chi connectivity index (χ0) is 10.8. The van der Waals surface area contributed by atoms with Crippen LogP contribution in [-0.2, 0) is 16.0 Å². The van der Waals surface area contributed by atoms with Crippen molar-refractivity contribution in [1.82, 2.24) is 0 Å². The summed E-state index contributed by atoms with van der Waals surface area (Å²) in [6.07, 6.45) is 0.987. The number of hydrogen-bond acceptors (Lipinski definition) is 3. The first-order valence-electron chi connectivity index (χ1n) is 5.20. The van der Waals surface area contributed by atoms with E-state index in [-0.39, 0.29) is 12.0 Å². The molecule has 1 aliphatic rings. The lowest BCUT2D eigenvalue weighted by Crippen LogP contribution is -2.14. The summed E-state index contributed by atoms with van der Waals surface area (Å²) in [5, 5.41) is 0. The van der Waals surface area contributed by atoms with Crippen LogP contribution in [0.1, 0.15) is 12.5 Å². The van der Waals surface area contributed by atoms with Crippen LogP contribution in [0.4, 0.5) is 5.69 Å². The van der Waals surface area contributed by atoms with E-state index in [9.17, 15) is 4.79 Å². The molecule has 2 rings (SSSR count). The van der Waals surface area contributed by atoms with Gasteiger partial charge in [-0.3, -0.25) is 0 Å². The summed E-state index contributed by atoms with van der Waals surface area (Å²) in [7, 11) is 1.44. The van der Waals surface area contributed by atoms with Crippen molar-refractivity contribution in [2.45, 2.75) is 19.4 Å². The van der Waals surface area contributed by atoms with Gasteiger partial charge in [-0.05, 0) is 18.1 Å². The molecule has 1 aliphatic heterocycles. The van der Waals surface area contributed by atoms with Gasteiger partial charge in [-0.2, -0.15) is 0 Å². The number of rotatable bonds is 3. The van der Waals surface area contributed by atoms with Gasteiger partial charge in [0, 0.05) is 5.69 Å². The Kier molecular flexibility index (Phi) is 2.62. The van der Waals surface area contributed by atoms with Crippen molar-refractivity contribution < 1.29 is 9.53 Å². The quantitative estimate of drug-likeness (QED) is 0.554. The molecule has 0 spiro atoms. The van der Waals surface area contributed by atoms with Crippen LogP contribution >= 0.6 is 0 Å². The number of para-hydroxylation sites is 1. The van der Waals surface area contributed by atoms with Gasteiger partial charge in [-0.1, -0.05) is 25.1 Å². The summed E-state index contributed by atoms with van der Waals surface area (Å²) in [6, 6.07) is 8.12. The third kappa shape index (κ3) is 1.82. The minimum atomic E-state index is -0.138. The molecule has 0 amide bonds. The van der Waals surface area contributed by atoms with Crippen LogP contribution in [-0.4, -0.2) is 25.7 Å². The summed E-state index contributed by atoms with van der Waals surface area (Å²) < 4.78 is 4.72. The molecule has 1 unspecified atom stereocenters. The molecule has 1 aromatic rings. The maximum absolute atomic E-state index is 11.3. The van der Waals surface area contributed by atoms with Crippen LogP contribution in [0, 0.1) is 0 Å². The fraction of sp³-hybridized carbons (Fsp3) is 0.417. The van der Waals surface area contributed by atoms with E-state index in [4.69, 9.17) is 4.74 Å². The predicted molar refractivity (Wildman–Crippen MR) is 59.0 cm³/mol. The summed E-state index contributed by atoms with van der Waals surface area (Å²) in [6.45, 7) is 2.90. The molecule has 1 atom stereocenters. The molecule has 0 radical (unpaired) electrons. The van der Waals surface area contributed by atoms with E-state index in [0.29, 0.717) is 0 Å². The molecule has 80 valence electrons. The number of esters is 1. The van der Waals surface area contributed by atoms with Gasteiger partial charge in [0.25, 0.3) is 0 Å². The maximum Gasteiger partial charge on any atom is 0.330 e. The second-order valence-corrected chi connectivity index (χ2v) is 3.67. The summed E-state index contributed by atoms with van der Waals surface area (Å²) in [5.74, 6) is -0.138. The van der Waals surface area contributed by atoms with Crippen LogP contribution < -0.4 is 4.90 Å². The first-order valence-corrected chi connectivity index (χ1v) is 5.20. The molecule has 0 bridgehead atoms. The fourth-order valence-corrected chi connectivity index (χ4v) is 1.83. The Hall–Kier alpha value is -1.51. The number of hydrogen-bond donors (Lipinski definition) is 0. The van der Waals surface area contributed by atoms with Gasteiger partial charge in [-0.15, -0.1) is 0 Å². The van der Waals surface area contributed by atoms with Crippen molar-refractivity contribution in [2.24, 2.45) is 0 Å². The van der Waals surface area contributed by atoms with E-state index in [0.717, 1.165) is 18.7 Å². The van der Waals surface area contributed by atoms with E-state index in [2.05, 4.69) is 24.0 Å². The molecule has 15 heavy (non-hydrogen) atoms. The van der Waals surface area contributed by atoms with Gasteiger partial charge in [0.1, 0.15) is 6.04 Å². The second kappa shape index (κ2) is 3.93. The first kappa shape index (κ1) is 10.0. The minimum absolute atomic E-state index is 0.0669. The van der Waals surface area contributed by atoms with Crippen LogP contribution in [0.3, 0.4) is 0 Å². The highest BCUT2D eigenvalue weighted by Gasteiger charge is 2.42. The highest BCUT2D eigenvalue weighted by molar-refractivity contribution is 5.86. The smallest absolute Gasteiger partial charge is 0.330 e. The lowest BCUT2D eigenvalue weighted by molar-refractivity contribution is -0.139. The molecule has 0 saturated carbocycles. The van der Waals surface area contributed by atoms with Crippen molar-refractivity contribution in [1.29, 1.82) is 0 Å². The number of nitrogens with zero attached hydrogens (tertiary/aromatic N) is 1. The van der Waals surface area contributed by atoms with Crippen LogP contribution in [0.2, 0.25) is 0 Å². The number of benzene rings is 1. The van der Waals surface area contributed by atoms with Crippen LogP contribution in [0.5, 0.6) is 0 Å². The monoisotopic (exact) mass is 205 g/mol. The standard InChI is InChI=1S/C12H15NO2/c1-3-9-6-4-5-7-10(9)13-8-11(13)12(14)15-2/h4-7,11H,3,8H2,1-2H3. The van der Waals surface area contributed by atoms with E-state index < -0.39 is 0 Å². The Labute approximate surface area is 89.7 Å². The lowest BCUT2D eigenvalue weighted by atomic mass is 10.1. The average molecular weight is 205 g/mol. The third-order valence-corrected chi connectivity index (χ3v) is 2.77. The summed E-state index contributed by atoms with van der Waals surface area (Å²) >= 11 is 0. The number of anilines is 1. The molecular formula is C12H15NO2. The Bertz CT molecular complexity index is 376. The summed E-state index contributed by atoms with van der Waals surface area (Å²) in [5.41, 5.74) is 2.44. The maximum atomic E-state index is 11.3. The van der Waals surface area contributed by atoms with E-state index in [1.807, 2.05) is 12.1 Å². The zero-order valence-electron chi connectivity index (χ0n) is 9.06. The van der Waals surface area contributed by atoms with Crippen molar-refractivity contribution in [3.8, 4) is 0 Å². The number of aryl methyl sites for hydroxylation is 1. The first-order chi connectivity index (χ1) is 7.27. The fourth-order valence-electron chi connectivity index (χ4n) is 1.83. The van der Waals surface area contributed by atoms with Gasteiger partial charge < -0.3 is 9.64 Å². The number of methoxy groups -OCH3 is 1. The SMILES string of the molecule is CCc1ccccc1N1CC1C(=O)OC. The van der Waals surface area contributed by atoms with Gasteiger partial charge in [0.05, 0.1) is 13.7 Å². The molecule has 1 fully saturated rings. The van der Waals surface area contributed by atoms with E-state index >= 15 is 0 Å². The molecule has 3 nitrogen and oxygen atoms in total. The zero-order valence-corrected chi connectivity index (χ0v) is 9.06. The molecule has 0 aliphatic carbocycles. The van der Waals surface area contributed by atoms with E-state index in [1.54, 1.807) is 0 Å². The molecule has 0 N–H and O–H groups in total. The van der Waals surface area contributed by atoms with E-state index in [1.165, 1.54) is 12.7 Å². The Morgan fingerprint density at radius 2 is 2.27 bits per heavy atom. The average Bonchev–Trinajstić information content (AvgIpc) is 3.08.